The maximum absolute atomic E-state index is 13.4. The van der Waals surface area contributed by atoms with Crippen LogP contribution in [0.1, 0.15) is 62.9 Å². The molecule has 0 spiro atoms. The van der Waals surface area contributed by atoms with E-state index in [0.29, 0.717) is 48.9 Å². The molecule has 0 bridgehead atoms. The number of piperidine rings is 1. The summed E-state index contributed by atoms with van der Waals surface area (Å²) in [4.78, 5) is 35.0. The van der Waals surface area contributed by atoms with Crippen LogP contribution in [-0.2, 0) is 6.54 Å². The van der Waals surface area contributed by atoms with E-state index in [-0.39, 0.29) is 17.7 Å². The van der Waals surface area contributed by atoms with Gasteiger partial charge in [0.15, 0.2) is 0 Å². The predicted octanol–water partition coefficient (Wildman–Crippen LogP) is 5.79. The molecule has 2 amide bonds. The molecular weight excluding hydrogens is 484 g/mol. The SMILES string of the molecule is CCN(Cc1ccccc1)C(=O)c1csc(C2CCN(C(=O)c3c(-c4ccccc4)noc3C)CC2)n1. The minimum atomic E-state index is -0.0504. The maximum atomic E-state index is 13.4. The zero-order valence-electron chi connectivity index (χ0n) is 21.1. The highest BCUT2D eigenvalue weighted by atomic mass is 32.1. The molecule has 1 fully saturated rings. The van der Waals surface area contributed by atoms with Gasteiger partial charge in [-0.3, -0.25) is 9.59 Å². The first-order valence-corrected chi connectivity index (χ1v) is 13.5. The molecule has 1 saturated heterocycles. The molecule has 4 aromatic rings. The third kappa shape index (κ3) is 5.34. The number of aromatic nitrogens is 2. The molecule has 1 aliphatic heterocycles. The highest BCUT2D eigenvalue weighted by Gasteiger charge is 2.31. The van der Waals surface area contributed by atoms with Crippen molar-refractivity contribution < 1.29 is 14.1 Å². The number of hydrogen-bond donors (Lipinski definition) is 0. The first-order valence-electron chi connectivity index (χ1n) is 12.6. The van der Waals surface area contributed by atoms with E-state index in [4.69, 9.17) is 9.51 Å². The Morgan fingerprint density at radius 2 is 1.73 bits per heavy atom. The van der Waals surface area contributed by atoms with E-state index in [0.717, 1.165) is 29.0 Å². The van der Waals surface area contributed by atoms with Crippen molar-refractivity contribution in [2.24, 2.45) is 0 Å². The van der Waals surface area contributed by atoms with Crippen molar-refractivity contribution in [1.82, 2.24) is 19.9 Å². The Hall–Kier alpha value is -3.78. The van der Waals surface area contributed by atoms with Crippen LogP contribution < -0.4 is 0 Å². The van der Waals surface area contributed by atoms with Crippen molar-refractivity contribution >= 4 is 23.2 Å². The van der Waals surface area contributed by atoms with Crippen LogP contribution in [0.25, 0.3) is 11.3 Å². The van der Waals surface area contributed by atoms with Crippen LogP contribution in [0.4, 0.5) is 0 Å². The van der Waals surface area contributed by atoms with Crippen LogP contribution in [-0.4, -0.2) is 51.4 Å². The van der Waals surface area contributed by atoms with E-state index >= 15 is 0 Å². The van der Waals surface area contributed by atoms with Crippen molar-refractivity contribution in [3.05, 3.63) is 93.6 Å². The van der Waals surface area contributed by atoms with E-state index in [1.54, 1.807) is 18.3 Å². The topological polar surface area (TPSA) is 79.5 Å². The summed E-state index contributed by atoms with van der Waals surface area (Å²) in [6.45, 7) is 6.21. The normalized spacial score (nSPS) is 14.1. The summed E-state index contributed by atoms with van der Waals surface area (Å²) in [6, 6.07) is 19.6. The molecule has 1 aliphatic rings. The van der Waals surface area contributed by atoms with Gasteiger partial charge in [0.25, 0.3) is 11.8 Å². The fraction of sp³-hybridized carbons (Fsp3) is 0.310. The summed E-state index contributed by atoms with van der Waals surface area (Å²) >= 11 is 1.54. The molecule has 0 atom stereocenters. The molecule has 2 aromatic heterocycles. The van der Waals surface area contributed by atoms with Gasteiger partial charge >= 0.3 is 0 Å². The minimum Gasteiger partial charge on any atom is -0.360 e. The molecule has 7 nitrogen and oxygen atoms in total. The molecular formula is C29H30N4O3S. The third-order valence-corrected chi connectivity index (χ3v) is 7.89. The number of carbonyl (C=O) groups is 2. The smallest absolute Gasteiger partial charge is 0.273 e. The molecule has 2 aromatic carbocycles. The average molecular weight is 515 g/mol. The summed E-state index contributed by atoms with van der Waals surface area (Å²) in [6.07, 6.45) is 1.61. The van der Waals surface area contributed by atoms with Crippen LogP contribution in [0.5, 0.6) is 0 Å². The second-order valence-electron chi connectivity index (χ2n) is 9.27. The standard InChI is InChI=1S/C29H30N4O3S/c1-3-32(18-21-10-6-4-7-11-21)28(34)24-19-37-27(30-24)23-14-16-33(17-15-23)29(35)25-20(2)36-31-26(25)22-12-8-5-9-13-22/h4-13,19,23H,3,14-18H2,1-2H3. The van der Waals surface area contributed by atoms with E-state index in [9.17, 15) is 9.59 Å². The van der Waals surface area contributed by atoms with Crippen molar-refractivity contribution in [2.45, 2.75) is 39.2 Å². The first-order chi connectivity index (χ1) is 18.0. The van der Waals surface area contributed by atoms with Gasteiger partial charge in [-0.25, -0.2) is 4.98 Å². The predicted molar refractivity (Wildman–Crippen MR) is 144 cm³/mol. The Morgan fingerprint density at radius 3 is 2.41 bits per heavy atom. The number of aryl methyl sites for hydroxylation is 1. The Labute approximate surface area is 220 Å². The number of likely N-dealkylation sites (tertiary alicyclic amines) is 1. The molecule has 190 valence electrons. The number of carbonyl (C=O) groups excluding carboxylic acids is 2. The zero-order valence-corrected chi connectivity index (χ0v) is 21.9. The fourth-order valence-corrected chi connectivity index (χ4v) is 5.74. The summed E-state index contributed by atoms with van der Waals surface area (Å²) in [5.74, 6) is 0.672. The van der Waals surface area contributed by atoms with E-state index in [1.807, 2.05) is 82.8 Å². The summed E-state index contributed by atoms with van der Waals surface area (Å²) in [5.41, 5.74) is 3.59. The number of thiazole rings is 1. The molecule has 0 N–H and O–H groups in total. The average Bonchev–Trinajstić information content (AvgIpc) is 3.59. The minimum absolute atomic E-state index is 0.0437. The van der Waals surface area contributed by atoms with Gasteiger partial charge in [0.2, 0.25) is 0 Å². The van der Waals surface area contributed by atoms with Gasteiger partial charge in [0.1, 0.15) is 22.7 Å². The monoisotopic (exact) mass is 514 g/mol. The molecule has 37 heavy (non-hydrogen) atoms. The van der Waals surface area contributed by atoms with Crippen molar-refractivity contribution in [2.75, 3.05) is 19.6 Å². The van der Waals surface area contributed by atoms with Gasteiger partial charge < -0.3 is 14.3 Å². The van der Waals surface area contributed by atoms with E-state index in [1.165, 1.54) is 0 Å². The molecule has 0 aliphatic carbocycles. The quantitative estimate of drug-likeness (QED) is 0.312. The summed E-state index contributed by atoms with van der Waals surface area (Å²) in [7, 11) is 0. The Kier molecular flexibility index (Phi) is 7.46. The summed E-state index contributed by atoms with van der Waals surface area (Å²) < 4.78 is 5.40. The van der Waals surface area contributed by atoms with Crippen LogP contribution in [0.2, 0.25) is 0 Å². The number of rotatable bonds is 7. The lowest BCUT2D eigenvalue weighted by Crippen LogP contribution is -2.38. The van der Waals surface area contributed by atoms with Gasteiger partial charge in [-0.1, -0.05) is 65.8 Å². The Bertz CT molecular complexity index is 1360. The van der Waals surface area contributed by atoms with Gasteiger partial charge in [-0.05, 0) is 32.3 Å². The van der Waals surface area contributed by atoms with E-state index < -0.39 is 0 Å². The Morgan fingerprint density at radius 1 is 1.05 bits per heavy atom. The highest BCUT2D eigenvalue weighted by Crippen LogP contribution is 2.33. The molecule has 0 saturated carbocycles. The molecule has 8 heteroatoms. The van der Waals surface area contributed by atoms with Crippen LogP contribution in [0.3, 0.4) is 0 Å². The van der Waals surface area contributed by atoms with Crippen molar-refractivity contribution in [3.8, 4) is 11.3 Å². The molecule has 5 rings (SSSR count). The number of amides is 2. The Balaban J connectivity index is 1.23. The van der Waals surface area contributed by atoms with Crippen molar-refractivity contribution in [3.63, 3.8) is 0 Å². The lowest BCUT2D eigenvalue weighted by molar-refractivity contribution is 0.0711. The van der Waals surface area contributed by atoms with Crippen LogP contribution in [0, 0.1) is 6.92 Å². The van der Waals surface area contributed by atoms with Crippen LogP contribution in [0.15, 0.2) is 70.6 Å². The number of nitrogens with zero attached hydrogens (tertiary/aromatic N) is 4. The fourth-order valence-electron chi connectivity index (χ4n) is 4.77. The van der Waals surface area contributed by atoms with Crippen molar-refractivity contribution in [1.29, 1.82) is 0 Å². The third-order valence-electron chi connectivity index (χ3n) is 6.88. The van der Waals surface area contributed by atoms with Gasteiger partial charge in [0.05, 0.1) is 5.01 Å². The largest absolute Gasteiger partial charge is 0.360 e. The lowest BCUT2D eigenvalue weighted by Gasteiger charge is -2.31. The molecule has 0 radical (unpaired) electrons. The first kappa shape index (κ1) is 24.9. The summed E-state index contributed by atoms with van der Waals surface area (Å²) in [5, 5.41) is 7.00. The van der Waals surface area contributed by atoms with Gasteiger partial charge in [-0.2, -0.15) is 0 Å². The highest BCUT2D eigenvalue weighted by molar-refractivity contribution is 7.09. The number of hydrogen-bond acceptors (Lipinski definition) is 6. The zero-order chi connectivity index (χ0) is 25.8. The van der Waals surface area contributed by atoms with E-state index in [2.05, 4.69) is 5.16 Å². The second-order valence-corrected chi connectivity index (χ2v) is 10.2. The maximum Gasteiger partial charge on any atom is 0.273 e. The van der Waals surface area contributed by atoms with Gasteiger partial charge in [0, 0.05) is 43.0 Å². The molecule has 3 heterocycles. The number of benzene rings is 2. The van der Waals surface area contributed by atoms with Gasteiger partial charge in [-0.15, -0.1) is 11.3 Å². The molecule has 0 unspecified atom stereocenters. The second kappa shape index (κ2) is 11.1. The van der Waals surface area contributed by atoms with Crippen LogP contribution >= 0.6 is 11.3 Å². The lowest BCUT2D eigenvalue weighted by atomic mass is 9.96.